The number of hydrogen-bond donors (Lipinski definition) is 0. The lowest BCUT2D eigenvalue weighted by Gasteiger charge is -2.34. The lowest BCUT2D eigenvalue weighted by molar-refractivity contribution is 0.0783. The van der Waals surface area contributed by atoms with E-state index in [-0.39, 0.29) is 11.8 Å². The minimum Gasteiger partial charge on any atom is -0.341 e. The zero-order valence-corrected chi connectivity index (χ0v) is 26.8. The van der Waals surface area contributed by atoms with Crippen LogP contribution in [0.1, 0.15) is 58.1 Å². The van der Waals surface area contributed by atoms with E-state index < -0.39 is 10.8 Å². The number of likely N-dealkylation sites (N-methyl/N-ethyl adjacent to an activating group) is 1. The molecule has 1 aliphatic heterocycles. The zero-order valence-electron chi connectivity index (χ0n) is 24.4. The van der Waals surface area contributed by atoms with Crippen molar-refractivity contribution in [2.75, 3.05) is 39.5 Å². The fraction of sp³-hybridized carbons (Fsp3) is 0.314. The van der Waals surface area contributed by atoms with Crippen molar-refractivity contribution in [3.8, 4) is 6.07 Å². The van der Waals surface area contributed by atoms with E-state index in [1.54, 1.807) is 17.2 Å². The third kappa shape index (κ3) is 7.48. The largest absolute Gasteiger partial charge is 0.341 e. The first kappa shape index (κ1) is 31.2. The summed E-state index contributed by atoms with van der Waals surface area (Å²) in [6.45, 7) is 3.41. The molecule has 0 N–H and O–H groups in total. The van der Waals surface area contributed by atoms with Crippen LogP contribution in [0.15, 0.2) is 83.8 Å². The summed E-state index contributed by atoms with van der Waals surface area (Å²) >= 11 is 12.7. The van der Waals surface area contributed by atoms with Gasteiger partial charge in [-0.05, 0) is 103 Å². The smallest absolute Gasteiger partial charge is 0.254 e. The number of amides is 1. The summed E-state index contributed by atoms with van der Waals surface area (Å²) in [5.41, 5.74) is 3.37. The zero-order chi connectivity index (χ0) is 30.5. The fourth-order valence-corrected chi connectivity index (χ4v) is 6.89. The Hall–Kier alpha value is -3.21. The average molecular weight is 633 g/mol. The first-order valence-corrected chi connectivity index (χ1v) is 16.8. The van der Waals surface area contributed by atoms with Gasteiger partial charge in [-0.25, -0.2) is 0 Å². The van der Waals surface area contributed by atoms with Crippen molar-refractivity contribution in [3.05, 3.63) is 111 Å². The predicted molar refractivity (Wildman–Crippen MR) is 177 cm³/mol. The number of nitriles is 1. The summed E-state index contributed by atoms with van der Waals surface area (Å²) in [4.78, 5) is 18.9. The van der Waals surface area contributed by atoms with Gasteiger partial charge in [0.05, 0.1) is 21.7 Å². The quantitative estimate of drug-likeness (QED) is 0.188. The SMILES string of the molecule is CN(CC(CCN1CCC(c2ccc(S(C)=O)cc2)CC1)c1ccc(Cl)c(Cl)c1)C(=O)c1cc(C#N)cc2ccccc12. The molecule has 0 bridgehead atoms. The number of fused-ring (bicyclic) bond motifs is 1. The maximum absolute atomic E-state index is 13.8. The molecule has 5 nitrogen and oxygen atoms in total. The molecule has 2 unspecified atom stereocenters. The van der Waals surface area contributed by atoms with Crippen LogP contribution in [0.25, 0.3) is 10.8 Å². The molecule has 43 heavy (non-hydrogen) atoms. The number of rotatable bonds is 9. The van der Waals surface area contributed by atoms with Gasteiger partial charge in [-0.15, -0.1) is 0 Å². The van der Waals surface area contributed by atoms with E-state index in [1.165, 1.54) is 5.56 Å². The predicted octanol–water partition coefficient (Wildman–Crippen LogP) is 7.88. The number of nitrogens with zero attached hydrogens (tertiary/aromatic N) is 3. The maximum atomic E-state index is 13.8. The Bertz CT molecular complexity index is 1680. The number of carbonyl (C=O) groups is 1. The number of piperidine rings is 1. The molecule has 0 radical (unpaired) electrons. The van der Waals surface area contributed by atoms with E-state index in [0.29, 0.717) is 33.6 Å². The Morgan fingerprint density at radius 1 is 1.02 bits per heavy atom. The lowest BCUT2D eigenvalue weighted by Crippen LogP contribution is -2.36. The fourth-order valence-electron chi connectivity index (χ4n) is 6.06. The standard InChI is InChI=1S/C35H35Cl2N3O2S/c1-39(35(41)32-20-24(22-38)19-28-5-3-4-6-31(28)32)23-29(27-9-12-33(36)34(37)21-27)15-18-40-16-13-26(14-17-40)25-7-10-30(11-8-25)43(2)42/h3-12,19-21,26,29H,13-18,23H2,1-2H3. The summed E-state index contributed by atoms with van der Waals surface area (Å²) in [5, 5.41) is 12.3. The Balaban J connectivity index is 1.28. The highest BCUT2D eigenvalue weighted by molar-refractivity contribution is 7.84. The molecule has 1 heterocycles. The first-order valence-electron chi connectivity index (χ1n) is 14.5. The second-order valence-corrected chi connectivity index (χ2v) is 13.5. The van der Waals surface area contributed by atoms with E-state index in [2.05, 4.69) is 23.1 Å². The summed E-state index contributed by atoms with van der Waals surface area (Å²) in [6.07, 6.45) is 4.72. The molecule has 5 rings (SSSR count). The molecule has 0 spiro atoms. The van der Waals surface area contributed by atoms with Crippen LogP contribution in [0.3, 0.4) is 0 Å². The summed E-state index contributed by atoms with van der Waals surface area (Å²) < 4.78 is 11.8. The highest BCUT2D eigenvalue weighted by Crippen LogP contribution is 2.32. The highest BCUT2D eigenvalue weighted by atomic mass is 35.5. The lowest BCUT2D eigenvalue weighted by atomic mass is 9.89. The molecular weight excluding hydrogens is 597 g/mol. The van der Waals surface area contributed by atoms with Crippen LogP contribution in [-0.4, -0.2) is 59.4 Å². The van der Waals surface area contributed by atoms with Crippen molar-refractivity contribution in [2.24, 2.45) is 0 Å². The van der Waals surface area contributed by atoms with Gasteiger partial charge in [0.15, 0.2) is 0 Å². The second-order valence-electron chi connectivity index (χ2n) is 11.3. The second kappa shape index (κ2) is 14.1. The topological polar surface area (TPSA) is 64.4 Å². The average Bonchev–Trinajstić information content (AvgIpc) is 3.03. The van der Waals surface area contributed by atoms with Crippen LogP contribution in [0.2, 0.25) is 10.0 Å². The van der Waals surface area contributed by atoms with Gasteiger partial charge in [0.2, 0.25) is 0 Å². The number of benzene rings is 4. The molecule has 0 aliphatic carbocycles. The van der Waals surface area contributed by atoms with Crippen molar-refractivity contribution in [2.45, 2.75) is 36.0 Å². The Morgan fingerprint density at radius 2 is 1.74 bits per heavy atom. The minimum atomic E-state index is -0.962. The first-order chi connectivity index (χ1) is 20.7. The van der Waals surface area contributed by atoms with E-state index in [0.717, 1.165) is 60.1 Å². The van der Waals surface area contributed by atoms with Crippen molar-refractivity contribution in [1.29, 1.82) is 5.26 Å². The molecule has 1 amide bonds. The van der Waals surface area contributed by atoms with Gasteiger partial charge in [0.25, 0.3) is 5.91 Å². The minimum absolute atomic E-state index is 0.0503. The summed E-state index contributed by atoms with van der Waals surface area (Å²) in [7, 11) is 0.863. The van der Waals surface area contributed by atoms with Gasteiger partial charge < -0.3 is 9.80 Å². The molecular formula is C35H35Cl2N3O2S. The summed E-state index contributed by atoms with van der Waals surface area (Å²) in [5.74, 6) is 0.440. The van der Waals surface area contributed by atoms with Gasteiger partial charge in [0.1, 0.15) is 0 Å². The van der Waals surface area contributed by atoms with Crippen molar-refractivity contribution in [3.63, 3.8) is 0 Å². The molecule has 1 fully saturated rings. The molecule has 0 saturated carbocycles. The van der Waals surface area contributed by atoms with Crippen LogP contribution in [-0.2, 0) is 10.8 Å². The Kier molecular flexibility index (Phi) is 10.2. The molecule has 1 aliphatic rings. The van der Waals surface area contributed by atoms with E-state index >= 15 is 0 Å². The third-order valence-electron chi connectivity index (χ3n) is 8.54. The Labute approximate surface area is 266 Å². The van der Waals surface area contributed by atoms with E-state index in [1.807, 2.05) is 67.7 Å². The van der Waals surface area contributed by atoms with E-state index in [9.17, 15) is 14.3 Å². The van der Waals surface area contributed by atoms with Gasteiger partial charge in [-0.2, -0.15) is 5.26 Å². The molecule has 4 aromatic rings. The van der Waals surface area contributed by atoms with Crippen LogP contribution in [0, 0.1) is 11.3 Å². The maximum Gasteiger partial charge on any atom is 0.254 e. The molecule has 8 heteroatoms. The highest BCUT2D eigenvalue weighted by Gasteiger charge is 2.25. The van der Waals surface area contributed by atoms with Crippen LogP contribution >= 0.6 is 23.2 Å². The normalized spacial score (nSPS) is 15.6. The number of carbonyl (C=O) groups excluding carboxylic acids is 1. The van der Waals surface area contributed by atoms with Crippen LogP contribution in [0.5, 0.6) is 0 Å². The van der Waals surface area contributed by atoms with Crippen LogP contribution < -0.4 is 0 Å². The van der Waals surface area contributed by atoms with Crippen molar-refractivity contribution >= 4 is 50.7 Å². The molecule has 0 aromatic heterocycles. The number of halogens is 2. The number of hydrogen-bond acceptors (Lipinski definition) is 4. The monoisotopic (exact) mass is 631 g/mol. The van der Waals surface area contributed by atoms with Crippen molar-refractivity contribution in [1.82, 2.24) is 9.80 Å². The van der Waals surface area contributed by atoms with E-state index in [4.69, 9.17) is 23.2 Å². The Morgan fingerprint density at radius 3 is 2.42 bits per heavy atom. The molecule has 222 valence electrons. The van der Waals surface area contributed by atoms with Gasteiger partial charge in [0, 0.05) is 47.0 Å². The van der Waals surface area contributed by atoms with Gasteiger partial charge in [-0.3, -0.25) is 9.00 Å². The number of likely N-dealkylation sites (tertiary alicyclic amines) is 1. The molecule has 4 aromatic carbocycles. The van der Waals surface area contributed by atoms with Crippen molar-refractivity contribution < 1.29 is 9.00 Å². The summed E-state index contributed by atoms with van der Waals surface area (Å²) in [6, 6.07) is 27.3. The van der Waals surface area contributed by atoms with Crippen LogP contribution in [0.4, 0.5) is 0 Å². The molecule has 1 saturated heterocycles. The molecule has 2 atom stereocenters. The van der Waals surface area contributed by atoms with Gasteiger partial charge in [-0.1, -0.05) is 65.7 Å². The third-order valence-corrected chi connectivity index (χ3v) is 10.2. The van der Waals surface area contributed by atoms with Gasteiger partial charge >= 0.3 is 0 Å².